The standard InChI is InChI=1S/C30H48O2/c1-20(22(3)19-32-23(4)31)10-11-21(2)26-14-15-27-25-13-12-24-9-7-8-17-29(24,5)28(25)16-18-30(26,27)6/h10,12,21-22,25-28H,7-9,11,13-19H2,1-6H3/t21-,22?,25+,26-,27+,28+,29+,30-/m1/s1. The van der Waals surface area contributed by atoms with E-state index in [0.29, 0.717) is 23.4 Å². The Morgan fingerprint density at radius 2 is 1.91 bits per heavy atom. The van der Waals surface area contributed by atoms with Gasteiger partial charge in [-0.15, -0.1) is 0 Å². The number of carbonyl (C=O) groups excluding carboxylic acids is 1. The maximum atomic E-state index is 11.1. The maximum Gasteiger partial charge on any atom is 0.302 e. The average molecular weight is 441 g/mol. The molecule has 0 heterocycles. The predicted molar refractivity (Wildman–Crippen MR) is 133 cm³/mol. The minimum Gasteiger partial charge on any atom is -0.465 e. The summed E-state index contributed by atoms with van der Waals surface area (Å²) in [5.74, 6) is 4.53. The van der Waals surface area contributed by atoms with Crippen molar-refractivity contribution in [1.29, 1.82) is 0 Å². The quantitative estimate of drug-likeness (QED) is 0.308. The molecule has 0 amide bonds. The molecule has 4 aliphatic rings. The fourth-order valence-electron chi connectivity index (χ4n) is 8.78. The van der Waals surface area contributed by atoms with Crippen molar-refractivity contribution in [3.63, 3.8) is 0 Å². The highest BCUT2D eigenvalue weighted by atomic mass is 16.5. The molecule has 0 N–H and O–H groups in total. The van der Waals surface area contributed by atoms with E-state index in [1.807, 2.05) is 5.57 Å². The Morgan fingerprint density at radius 1 is 1.12 bits per heavy atom. The van der Waals surface area contributed by atoms with E-state index < -0.39 is 0 Å². The SMILES string of the molecule is CC(=O)OCC(C)C(C)=CC[C@@H](C)[C@H]1CC[C@H]2[C@@H]3CC=C4CCCC[C@]4(C)[C@H]3CC[C@]12C. The summed E-state index contributed by atoms with van der Waals surface area (Å²) in [6, 6.07) is 0. The van der Waals surface area contributed by atoms with Crippen LogP contribution in [0.1, 0.15) is 106 Å². The Balaban J connectivity index is 1.43. The van der Waals surface area contributed by atoms with E-state index in [-0.39, 0.29) is 5.97 Å². The molecule has 4 aliphatic carbocycles. The van der Waals surface area contributed by atoms with Gasteiger partial charge >= 0.3 is 5.97 Å². The van der Waals surface area contributed by atoms with Gasteiger partial charge in [0, 0.05) is 12.8 Å². The Bertz CT molecular complexity index is 763. The van der Waals surface area contributed by atoms with E-state index in [1.165, 1.54) is 76.7 Å². The first-order valence-corrected chi connectivity index (χ1v) is 13.7. The molecule has 0 aromatic carbocycles. The highest BCUT2D eigenvalue weighted by Crippen LogP contribution is 2.67. The van der Waals surface area contributed by atoms with Crippen LogP contribution in [0.25, 0.3) is 0 Å². The molecule has 0 aliphatic heterocycles. The summed E-state index contributed by atoms with van der Waals surface area (Å²) < 4.78 is 5.23. The summed E-state index contributed by atoms with van der Waals surface area (Å²) in [6.45, 7) is 14.2. The zero-order valence-corrected chi connectivity index (χ0v) is 21.7. The lowest BCUT2D eigenvalue weighted by atomic mass is 9.47. The Labute approximate surface area is 197 Å². The monoisotopic (exact) mass is 440 g/mol. The molecular weight excluding hydrogens is 392 g/mol. The number of hydrogen-bond donors (Lipinski definition) is 0. The van der Waals surface area contributed by atoms with Gasteiger partial charge in [0.25, 0.3) is 0 Å². The number of fused-ring (bicyclic) bond motifs is 5. The molecule has 0 spiro atoms. The van der Waals surface area contributed by atoms with Gasteiger partial charge < -0.3 is 4.74 Å². The minimum atomic E-state index is -0.176. The largest absolute Gasteiger partial charge is 0.465 e. The van der Waals surface area contributed by atoms with Gasteiger partial charge in [0.15, 0.2) is 0 Å². The van der Waals surface area contributed by atoms with Crippen LogP contribution in [-0.2, 0) is 9.53 Å². The normalized spacial score (nSPS) is 41.1. The number of esters is 1. The van der Waals surface area contributed by atoms with E-state index in [2.05, 4.69) is 46.8 Å². The highest BCUT2D eigenvalue weighted by molar-refractivity contribution is 5.65. The van der Waals surface area contributed by atoms with E-state index in [4.69, 9.17) is 4.74 Å². The molecule has 32 heavy (non-hydrogen) atoms. The number of carbonyl (C=O) groups is 1. The van der Waals surface area contributed by atoms with Crippen LogP contribution in [0.3, 0.4) is 0 Å². The summed E-state index contributed by atoms with van der Waals surface area (Å²) in [5.41, 5.74) is 4.25. The van der Waals surface area contributed by atoms with Gasteiger partial charge in [0.05, 0.1) is 6.61 Å². The lowest BCUT2D eigenvalue weighted by Crippen LogP contribution is -2.50. The van der Waals surface area contributed by atoms with Crippen LogP contribution in [0.5, 0.6) is 0 Å². The Hall–Kier alpha value is -1.05. The van der Waals surface area contributed by atoms with Gasteiger partial charge in [-0.3, -0.25) is 4.79 Å². The predicted octanol–water partition coefficient (Wildman–Crippen LogP) is 8.13. The van der Waals surface area contributed by atoms with Crippen LogP contribution in [-0.4, -0.2) is 12.6 Å². The number of rotatable bonds is 6. The molecule has 2 nitrogen and oxygen atoms in total. The van der Waals surface area contributed by atoms with Gasteiger partial charge in [0.1, 0.15) is 0 Å². The molecule has 180 valence electrons. The summed E-state index contributed by atoms with van der Waals surface area (Å²) in [4.78, 5) is 11.1. The summed E-state index contributed by atoms with van der Waals surface area (Å²) in [7, 11) is 0. The number of ether oxygens (including phenoxy) is 1. The Morgan fingerprint density at radius 3 is 2.66 bits per heavy atom. The number of allylic oxidation sites excluding steroid dienone is 3. The molecule has 0 aromatic rings. The highest BCUT2D eigenvalue weighted by Gasteiger charge is 2.58. The van der Waals surface area contributed by atoms with Crippen molar-refractivity contribution in [3.05, 3.63) is 23.3 Å². The van der Waals surface area contributed by atoms with E-state index in [1.54, 1.807) is 0 Å². The van der Waals surface area contributed by atoms with Crippen LogP contribution in [0.2, 0.25) is 0 Å². The van der Waals surface area contributed by atoms with Gasteiger partial charge in [-0.05, 0) is 105 Å². The molecular formula is C30H48O2. The van der Waals surface area contributed by atoms with E-state index in [0.717, 1.165) is 29.6 Å². The van der Waals surface area contributed by atoms with Crippen LogP contribution in [0, 0.1) is 46.3 Å². The lowest BCUT2D eigenvalue weighted by molar-refractivity contribution is -0.141. The van der Waals surface area contributed by atoms with Gasteiger partial charge in [-0.2, -0.15) is 0 Å². The van der Waals surface area contributed by atoms with Crippen molar-refractivity contribution in [1.82, 2.24) is 0 Å². The second-order valence-corrected chi connectivity index (χ2v) is 12.6. The summed E-state index contributed by atoms with van der Waals surface area (Å²) in [5, 5.41) is 0. The third-order valence-corrected chi connectivity index (χ3v) is 10.9. The van der Waals surface area contributed by atoms with E-state index >= 15 is 0 Å². The smallest absolute Gasteiger partial charge is 0.302 e. The summed E-state index contributed by atoms with van der Waals surface area (Å²) >= 11 is 0. The molecule has 0 radical (unpaired) electrons. The first kappa shape index (κ1) is 24.1. The first-order chi connectivity index (χ1) is 15.2. The molecule has 1 unspecified atom stereocenters. The Kier molecular flexibility index (Phi) is 7.00. The fraction of sp³-hybridized carbons (Fsp3) is 0.833. The van der Waals surface area contributed by atoms with Crippen LogP contribution < -0.4 is 0 Å². The first-order valence-electron chi connectivity index (χ1n) is 13.7. The molecule has 0 saturated heterocycles. The molecule has 0 bridgehead atoms. The van der Waals surface area contributed by atoms with Gasteiger partial charge in [-0.1, -0.05) is 57.4 Å². The molecule has 3 fully saturated rings. The van der Waals surface area contributed by atoms with Crippen molar-refractivity contribution in [3.8, 4) is 0 Å². The van der Waals surface area contributed by atoms with Gasteiger partial charge in [0.2, 0.25) is 0 Å². The third kappa shape index (κ3) is 4.25. The van der Waals surface area contributed by atoms with E-state index in [9.17, 15) is 4.79 Å². The van der Waals surface area contributed by atoms with Crippen molar-refractivity contribution in [2.75, 3.05) is 6.61 Å². The second-order valence-electron chi connectivity index (χ2n) is 12.6. The van der Waals surface area contributed by atoms with Crippen molar-refractivity contribution < 1.29 is 9.53 Å². The zero-order valence-electron chi connectivity index (χ0n) is 21.7. The van der Waals surface area contributed by atoms with Crippen LogP contribution in [0.4, 0.5) is 0 Å². The molecule has 2 heteroatoms. The second kappa shape index (κ2) is 9.30. The van der Waals surface area contributed by atoms with Crippen LogP contribution in [0.15, 0.2) is 23.3 Å². The van der Waals surface area contributed by atoms with Crippen LogP contribution >= 0.6 is 0 Å². The zero-order chi connectivity index (χ0) is 23.1. The maximum absolute atomic E-state index is 11.1. The average Bonchev–Trinajstić information content (AvgIpc) is 3.12. The van der Waals surface area contributed by atoms with Crippen molar-refractivity contribution >= 4 is 5.97 Å². The molecule has 3 saturated carbocycles. The van der Waals surface area contributed by atoms with Crippen molar-refractivity contribution in [2.45, 2.75) is 106 Å². The minimum absolute atomic E-state index is 0.176. The topological polar surface area (TPSA) is 26.3 Å². The third-order valence-electron chi connectivity index (χ3n) is 10.9. The molecule has 4 rings (SSSR count). The molecule has 8 atom stereocenters. The summed E-state index contributed by atoms with van der Waals surface area (Å²) in [6.07, 6.45) is 19.2. The van der Waals surface area contributed by atoms with Gasteiger partial charge in [-0.25, -0.2) is 0 Å². The van der Waals surface area contributed by atoms with Crippen molar-refractivity contribution in [2.24, 2.45) is 46.3 Å². The lowest BCUT2D eigenvalue weighted by Gasteiger charge is -2.58. The molecule has 0 aromatic heterocycles. The fourth-order valence-corrected chi connectivity index (χ4v) is 8.78. The number of hydrogen-bond acceptors (Lipinski definition) is 2.